The van der Waals surface area contributed by atoms with E-state index in [1.54, 1.807) is 0 Å². The first kappa shape index (κ1) is 15.3. The Bertz CT molecular complexity index is 379. The van der Waals surface area contributed by atoms with Crippen LogP contribution in [0.15, 0.2) is 18.2 Å². The summed E-state index contributed by atoms with van der Waals surface area (Å²) in [6.45, 7) is 18.5. The van der Waals surface area contributed by atoms with Crippen LogP contribution in [-0.2, 0) is 0 Å². The van der Waals surface area contributed by atoms with Crippen LogP contribution in [0.25, 0.3) is 0 Å². The van der Waals surface area contributed by atoms with Crippen molar-refractivity contribution in [3.63, 3.8) is 0 Å². The van der Waals surface area contributed by atoms with Crippen molar-refractivity contribution in [2.45, 2.75) is 67.7 Å². The van der Waals surface area contributed by atoms with Gasteiger partial charge in [-0.3, -0.25) is 0 Å². The van der Waals surface area contributed by atoms with Crippen LogP contribution in [0.5, 0.6) is 0 Å². The van der Waals surface area contributed by atoms with Crippen LogP contribution in [-0.4, -0.2) is 0 Å². The number of rotatable bonds is 2. The van der Waals surface area contributed by atoms with E-state index in [4.69, 9.17) is 0 Å². The molecule has 1 unspecified atom stereocenters. The summed E-state index contributed by atoms with van der Waals surface area (Å²) in [4.78, 5) is 0. The minimum absolute atomic E-state index is 0.313. The highest BCUT2D eigenvalue weighted by Crippen LogP contribution is 2.43. The van der Waals surface area contributed by atoms with Crippen molar-refractivity contribution in [2.24, 2.45) is 10.8 Å². The van der Waals surface area contributed by atoms with Gasteiger partial charge < -0.3 is 0 Å². The average molecular weight is 246 g/mol. The van der Waals surface area contributed by atoms with Crippen molar-refractivity contribution < 1.29 is 0 Å². The first-order valence-electron chi connectivity index (χ1n) is 7.07. The Balaban J connectivity index is 3.18. The molecule has 0 spiro atoms. The zero-order valence-corrected chi connectivity index (χ0v) is 13.5. The maximum atomic E-state index is 2.37. The van der Waals surface area contributed by atoms with Crippen molar-refractivity contribution >= 4 is 0 Å². The molecule has 0 heteroatoms. The van der Waals surface area contributed by atoms with Crippen LogP contribution in [0.2, 0.25) is 0 Å². The Labute approximate surface area is 114 Å². The van der Waals surface area contributed by atoms with E-state index < -0.39 is 0 Å². The van der Waals surface area contributed by atoms with Crippen molar-refractivity contribution in [1.82, 2.24) is 0 Å². The molecule has 0 aliphatic heterocycles. The van der Waals surface area contributed by atoms with Crippen LogP contribution in [0.4, 0.5) is 0 Å². The van der Waals surface area contributed by atoms with E-state index in [-0.39, 0.29) is 0 Å². The second-order valence-electron chi connectivity index (χ2n) is 8.10. The van der Waals surface area contributed by atoms with Crippen molar-refractivity contribution in [3.8, 4) is 0 Å². The molecule has 0 bridgehead atoms. The molecule has 0 aliphatic rings. The molecule has 1 atom stereocenters. The maximum Gasteiger partial charge on any atom is -0.0108 e. The number of hydrogen-bond acceptors (Lipinski definition) is 0. The predicted molar refractivity (Wildman–Crippen MR) is 82.2 cm³/mol. The first-order valence-corrected chi connectivity index (χ1v) is 7.07. The molecule has 0 heterocycles. The Kier molecular flexibility index (Phi) is 4.30. The van der Waals surface area contributed by atoms with E-state index in [0.29, 0.717) is 16.7 Å². The van der Waals surface area contributed by atoms with Gasteiger partial charge in [0.15, 0.2) is 0 Å². The Hall–Kier alpha value is -0.780. The molecule has 0 saturated heterocycles. The lowest BCUT2D eigenvalue weighted by molar-refractivity contribution is 0.229. The van der Waals surface area contributed by atoms with Gasteiger partial charge in [-0.15, -0.1) is 0 Å². The molecule has 0 saturated carbocycles. The van der Waals surface area contributed by atoms with Gasteiger partial charge >= 0.3 is 0 Å². The summed E-state index contributed by atoms with van der Waals surface area (Å²) in [5.74, 6) is 0.621. The number of aryl methyl sites for hydroxylation is 2. The fourth-order valence-corrected chi connectivity index (χ4v) is 2.75. The second kappa shape index (κ2) is 5.07. The Morgan fingerprint density at radius 3 is 1.61 bits per heavy atom. The molecule has 0 nitrogen and oxygen atoms in total. The normalized spacial score (nSPS) is 14.7. The summed E-state index contributed by atoms with van der Waals surface area (Å²) in [5, 5.41) is 0. The van der Waals surface area contributed by atoms with Gasteiger partial charge in [0.1, 0.15) is 0 Å². The lowest BCUT2D eigenvalue weighted by Gasteiger charge is -2.36. The summed E-state index contributed by atoms with van der Waals surface area (Å²) in [6, 6.07) is 7.00. The van der Waals surface area contributed by atoms with Crippen LogP contribution in [0.3, 0.4) is 0 Å². The predicted octanol–water partition coefficient (Wildman–Crippen LogP) is 5.87. The fraction of sp³-hybridized carbons (Fsp3) is 0.667. The molecule has 0 radical (unpaired) electrons. The maximum absolute atomic E-state index is 2.37. The van der Waals surface area contributed by atoms with Gasteiger partial charge in [0, 0.05) is 0 Å². The highest BCUT2D eigenvalue weighted by Gasteiger charge is 2.30. The average Bonchev–Trinajstić information content (AvgIpc) is 2.09. The van der Waals surface area contributed by atoms with Gasteiger partial charge in [0.2, 0.25) is 0 Å². The van der Waals surface area contributed by atoms with E-state index in [2.05, 4.69) is 73.6 Å². The van der Waals surface area contributed by atoms with Crippen LogP contribution < -0.4 is 0 Å². The fourth-order valence-electron chi connectivity index (χ4n) is 2.75. The molecule has 1 rings (SSSR count). The minimum Gasteiger partial charge on any atom is -0.0602 e. The molecule has 0 aliphatic carbocycles. The second-order valence-corrected chi connectivity index (χ2v) is 8.10. The van der Waals surface area contributed by atoms with Gasteiger partial charge in [0.05, 0.1) is 0 Å². The molecule has 0 fully saturated rings. The third-order valence-corrected chi connectivity index (χ3v) is 3.51. The first-order chi connectivity index (χ1) is 7.99. The van der Waals surface area contributed by atoms with Crippen LogP contribution in [0, 0.1) is 24.7 Å². The largest absolute Gasteiger partial charge is 0.0602 e. The van der Waals surface area contributed by atoms with E-state index in [0.717, 1.165) is 0 Å². The van der Waals surface area contributed by atoms with E-state index >= 15 is 0 Å². The molecular weight excluding hydrogens is 216 g/mol. The topological polar surface area (TPSA) is 0 Å². The molecule has 102 valence electrons. The summed E-state index contributed by atoms with van der Waals surface area (Å²) >= 11 is 0. The number of benzene rings is 1. The van der Waals surface area contributed by atoms with Crippen molar-refractivity contribution in [3.05, 3.63) is 34.9 Å². The minimum atomic E-state index is 0.313. The van der Waals surface area contributed by atoms with Gasteiger partial charge in [-0.25, -0.2) is 0 Å². The van der Waals surface area contributed by atoms with Crippen LogP contribution in [0.1, 0.15) is 70.6 Å². The summed E-state index contributed by atoms with van der Waals surface area (Å²) in [6.07, 6.45) is 1.24. The Morgan fingerprint density at radius 1 is 0.833 bits per heavy atom. The van der Waals surface area contributed by atoms with Crippen molar-refractivity contribution in [2.75, 3.05) is 0 Å². The molecule has 1 aromatic rings. The highest BCUT2D eigenvalue weighted by molar-refractivity contribution is 5.32. The third kappa shape index (κ3) is 4.48. The zero-order valence-electron chi connectivity index (χ0n) is 13.5. The zero-order chi connectivity index (χ0) is 14.1. The molecule has 0 aromatic heterocycles. The molecule has 0 amide bonds. The van der Waals surface area contributed by atoms with Gasteiger partial charge in [0.25, 0.3) is 0 Å². The standard InChI is InChI=1S/C18H30/c1-13-9-14(2)11-15(10-13)16(18(6,7)8)12-17(3,4)5/h9-11,16H,12H2,1-8H3. The van der Waals surface area contributed by atoms with E-state index in [1.807, 2.05) is 0 Å². The quantitative estimate of drug-likeness (QED) is 0.612. The van der Waals surface area contributed by atoms with Crippen molar-refractivity contribution in [1.29, 1.82) is 0 Å². The molecule has 18 heavy (non-hydrogen) atoms. The molecule has 0 N–H and O–H groups in total. The summed E-state index contributed by atoms with van der Waals surface area (Å²) in [7, 11) is 0. The lowest BCUT2D eigenvalue weighted by atomic mass is 9.69. The van der Waals surface area contributed by atoms with E-state index in [1.165, 1.54) is 23.1 Å². The lowest BCUT2D eigenvalue weighted by Crippen LogP contribution is -2.24. The smallest absolute Gasteiger partial charge is 0.0108 e. The highest BCUT2D eigenvalue weighted by atomic mass is 14.3. The SMILES string of the molecule is Cc1cc(C)cc(C(CC(C)(C)C)C(C)(C)C)c1. The molecular formula is C18H30. The summed E-state index contributed by atoms with van der Waals surface area (Å²) in [5.41, 5.74) is 4.96. The number of hydrogen-bond donors (Lipinski definition) is 0. The Morgan fingerprint density at radius 2 is 1.28 bits per heavy atom. The summed E-state index contributed by atoms with van der Waals surface area (Å²) < 4.78 is 0. The van der Waals surface area contributed by atoms with Gasteiger partial charge in [-0.2, -0.15) is 0 Å². The molecule has 1 aromatic carbocycles. The third-order valence-electron chi connectivity index (χ3n) is 3.51. The van der Waals surface area contributed by atoms with E-state index in [9.17, 15) is 0 Å². The van der Waals surface area contributed by atoms with Gasteiger partial charge in [-0.05, 0) is 42.6 Å². The van der Waals surface area contributed by atoms with Gasteiger partial charge in [-0.1, -0.05) is 70.9 Å². The monoisotopic (exact) mass is 246 g/mol. The van der Waals surface area contributed by atoms with Crippen LogP contribution >= 0.6 is 0 Å².